The monoisotopic (exact) mass is 548 g/mol. The van der Waals surface area contributed by atoms with Crippen molar-refractivity contribution in [2.75, 3.05) is 19.7 Å². The molecule has 1 amide bonds. The zero-order chi connectivity index (χ0) is 25.8. The first-order chi connectivity index (χ1) is 17.2. The fraction of sp³-hybridized carbons (Fsp3) is 0.417. The summed E-state index contributed by atoms with van der Waals surface area (Å²) in [6.45, 7) is 6.69. The summed E-state index contributed by atoms with van der Waals surface area (Å²) < 4.78 is 6.74. The molecule has 2 aromatic heterocycles. The van der Waals surface area contributed by atoms with E-state index < -0.39 is 0 Å². The number of halogens is 2. The van der Waals surface area contributed by atoms with Gasteiger partial charge in [0.25, 0.3) is 5.91 Å². The van der Waals surface area contributed by atoms with Crippen LogP contribution in [0.5, 0.6) is 0 Å². The van der Waals surface area contributed by atoms with Gasteiger partial charge in [-0.15, -0.1) is 5.10 Å². The van der Waals surface area contributed by atoms with Crippen LogP contribution in [0.4, 0.5) is 0 Å². The van der Waals surface area contributed by atoms with Gasteiger partial charge in [0.1, 0.15) is 0 Å². The van der Waals surface area contributed by atoms with Crippen molar-refractivity contribution in [3.8, 4) is 5.69 Å². The van der Waals surface area contributed by atoms with Crippen LogP contribution in [-0.2, 0) is 15.3 Å². The van der Waals surface area contributed by atoms with E-state index in [1.807, 2.05) is 19.9 Å². The third-order valence-corrected chi connectivity index (χ3v) is 6.98. The first-order valence-electron chi connectivity index (χ1n) is 11.6. The normalized spacial score (nSPS) is 15.7. The van der Waals surface area contributed by atoms with Crippen LogP contribution in [0.2, 0.25) is 10.0 Å². The first kappa shape index (κ1) is 26.4. The van der Waals surface area contributed by atoms with Crippen LogP contribution in [-0.4, -0.2) is 61.4 Å². The molecule has 1 fully saturated rings. The highest BCUT2D eigenvalue weighted by Gasteiger charge is 2.33. The molecule has 4 rings (SSSR count). The number of ether oxygens (including phenoxy) is 1. The van der Waals surface area contributed by atoms with Gasteiger partial charge in [-0.2, -0.15) is 0 Å². The van der Waals surface area contributed by atoms with Gasteiger partial charge in [-0.25, -0.2) is 14.6 Å². The molecule has 1 aliphatic rings. The summed E-state index contributed by atoms with van der Waals surface area (Å²) in [4.78, 5) is 36.5. The Labute approximate surface area is 223 Å². The number of aryl methyl sites for hydroxylation is 2. The minimum atomic E-state index is -0.356. The molecule has 1 atom stereocenters. The number of rotatable bonds is 7. The van der Waals surface area contributed by atoms with E-state index in [1.165, 1.54) is 11.8 Å². The van der Waals surface area contributed by atoms with Gasteiger partial charge in [0.05, 0.1) is 23.9 Å². The van der Waals surface area contributed by atoms with E-state index in [9.17, 15) is 9.59 Å². The van der Waals surface area contributed by atoms with E-state index in [0.29, 0.717) is 58.3 Å². The second-order valence-electron chi connectivity index (χ2n) is 8.49. The van der Waals surface area contributed by atoms with Gasteiger partial charge < -0.3 is 9.64 Å². The van der Waals surface area contributed by atoms with Crippen LogP contribution in [0.25, 0.3) is 5.69 Å². The predicted octanol–water partition coefficient (Wildman–Crippen LogP) is 4.69. The Morgan fingerprint density at radius 2 is 1.81 bits per heavy atom. The van der Waals surface area contributed by atoms with Crippen molar-refractivity contribution in [2.45, 2.75) is 44.5 Å². The lowest BCUT2D eigenvalue weighted by atomic mass is 9.98. The molecule has 1 saturated heterocycles. The average molecular weight is 549 g/mol. The number of benzene rings is 1. The quantitative estimate of drug-likeness (QED) is 0.238. The molecule has 0 bridgehead atoms. The molecule has 9 nitrogen and oxygen atoms in total. The zero-order valence-electron chi connectivity index (χ0n) is 20.2. The number of likely N-dealkylation sites (tertiary alicyclic amines) is 1. The number of amides is 1. The molecule has 36 heavy (non-hydrogen) atoms. The lowest BCUT2D eigenvalue weighted by Gasteiger charge is -2.31. The van der Waals surface area contributed by atoms with Crippen molar-refractivity contribution < 1.29 is 14.3 Å². The van der Waals surface area contributed by atoms with E-state index in [-0.39, 0.29) is 30.0 Å². The molecule has 0 aliphatic carbocycles. The first-order valence-corrected chi connectivity index (χ1v) is 13.3. The molecular formula is C24H26Cl2N6O3S. The van der Waals surface area contributed by atoms with Crippen molar-refractivity contribution in [1.82, 2.24) is 29.9 Å². The van der Waals surface area contributed by atoms with Crippen LogP contribution < -0.4 is 0 Å². The molecule has 0 saturated carbocycles. The number of esters is 1. The number of carbonyl (C=O) groups is 2. The second kappa shape index (κ2) is 11.6. The Morgan fingerprint density at radius 3 is 2.47 bits per heavy atom. The molecule has 12 heteroatoms. The van der Waals surface area contributed by atoms with Gasteiger partial charge in [0.2, 0.25) is 0 Å². The predicted molar refractivity (Wildman–Crippen MR) is 138 cm³/mol. The minimum absolute atomic E-state index is 0.201. The maximum absolute atomic E-state index is 13.6. The molecule has 190 valence electrons. The van der Waals surface area contributed by atoms with E-state index in [4.69, 9.17) is 27.9 Å². The van der Waals surface area contributed by atoms with Gasteiger partial charge in [0, 0.05) is 40.3 Å². The number of nitrogens with zero attached hydrogens (tertiary/aromatic N) is 6. The molecular weight excluding hydrogens is 523 g/mol. The Morgan fingerprint density at radius 1 is 1.11 bits per heavy atom. The molecule has 3 aromatic rings. The molecule has 0 radical (unpaired) electrons. The van der Waals surface area contributed by atoms with Crippen LogP contribution in [0.1, 0.15) is 47.3 Å². The fourth-order valence-electron chi connectivity index (χ4n) is 4.12. The fourth-order valence-corrected chi connectivity index (χ4v) is 5.58. The molecule has 1 aliphatic heterocycles. The van der Waals surface area contributed by atoms with Crippen LogP contribution in [0, 0.1) is 19.8 Å². The van der Waals surface area contributed by atoms with Crippen LogP contribution >= 0.6 is 35.0 Å². The topological polar surface area (TPSA) is 103 Å². The number of piperidine rings is 1. The summed E-state index contributed by atoms with van der Waals surface area (Å²) in [6, 6.07) is 6.93. The number of aromatic nitrogens is 5. The second-order valence-corrected chi connectivity index (χ2v) is 10.3. The van der Waals surface area contributed by atoms with Crippen molar-refractivity contribution in [1.29, 1.82) is 0 Å². The summed E-state index contributed by atoms with van der Waals surface area (Å²) in [5.74, 6) is -0.600. The van der Waals surface area contributed by atoms with Crippen LogP contribution in [0.3, 0.4) is 0 Å². The standard InChI is InChI=1S/C24H26Cl2N6O3S/c1-4-35-23(34)16-6-5-7-31(12-16)22(33)21-20(13-36-24-27-14(2)8-15(3)28-24)32(30-29-21)19-10-17(25)9-18(26)11-19/h8-11,16H,4-7,12-13H2,1-3H3. The lowest BCUT2D eigenvalue weighted by molar-refractivity contribution is -0.149. The molecule has 0 spiro atoms. The van der Waals surface area contributed by atoms with Crippen molar-refractivity contribution >= 4 is 46.8 Å². The van der Waals surface area contributed by atoms with E-state index >= 15 is 0 Å². The van der Waals surface area contributed by atoms with Gasteiger partial charge in [0.15, 0.2) is 10.9 Å². The maximum atomic E-state index is 13.6. The van der Waals surface area contributed by atoms with Gasteiger partial charge in [-0.3, -0.25) is 9.59 Å². The van der Waals surface area contributed by atoms with Crippen LogP contribution in [0.15, 0.2) is 29.4 Å². The largest absolute Gasteiger partial charge is 0.466 e. The lowest BCUT2D eigenvalue weighted by Crippen LogP contribution is -2.43. The molecule has 1 aromatic carbocycles. The van der Waals surface area contributed by atoms with Crippen molar-refractivity contribution in [3.63, 3.8) is 0 Å². The highest BCUT2D eigenvalue weighted by atomic mass is 35.5. The Balaban J connectivity index is 1.67. The highest BCUT2D eigenvalue weighted by Crippen LogP contribution is 2.28. The smallest absolute Gasteiger partial charge is 0.310 e. The zero-order valence-corrected chi connectivity index (χ0v) is 22.5. The SMILES string of the molecule is CCOC(=O)C1CCCN(C(=O)c2nnn(-c3cc(Cl)cc(Cl)c3)c2CSc2nc(C)cc(C)n2)C1. The van der Waals surface area contributed by atoms with Crippen molar-refractivity contribution in [2.24, 2.45) is 5.92 Å². The van der Waals surface area contributed by atoms with Gasteiger partial charge >= 0.3 is 5.97 Å². The number of carbonyl (C=O) groups excluding carboxylic acids is 2. The number of hydrogen-bond acceptors (Lipinski definition) is 8. The summed E-state index contributed by atoms with van der Waals surface area (Å²) in [5.41, 5.74) is 3.05. The van der Waals surface area contributed by atoms with Crippen molar-refractivity contribution in [3.05, 3.63) is 57.1 Å². The number of thioether (sulfide) groups is 1. The Bertz CT molecular complexity index is 1240. The summed E-state index contributed by atoms with van der Waals surface area (Å²) in [6.07, 6.45) is 1.39. The van der Waals surface area contributed by atoms with Gasteiger partial charge in [-0.05, 0) is 57.9 Å². The summed E-state index contributed by atoms with van der Waals surface area (Å²) >= 11 is 13.8. The van der Waals surface area contributed by atoms with E-state index in [1.54, 1.807) is 34.7 Å². The van der Waals surface area contributed by atoms with E-state index in [2.05, 4.69) is 20.3 Å². The van der Waals surface area contributed by atoms with E-state index in [0.717, 1.165) is 11.4 Å². The maximum Gasteiger partial charge on any atom is 0.310 e. The molecule has 3 heterocycles. The minimum Gasteiger partial charge on any atom is -0.466 e. The average Bonchev–Trinajstić information content (AvgIpc) is 3.25. The summed E-state index contributed by atoms with van der Waals surface area (Å²) in [5, 5.41) is 9.97. The van der Waals surface area contributed by atoms with Gasteiger partial charge in [-0.1, -0.05) is 40.2 Å². The third kappa shape index (κ3) is 6.16. The Kier molecular flexibility index (Phi) is 8.48. The number of hydrogen-bond donors (Lipinski definition) is 0. The molecule has 0 N–H and O–H groups in total. The summed E-state index contributed by atoms with van der Waals surface area (Å²) in [7, 11) is 0. The third-order valence-electron chi connectivity index (χ3n) is 5.69. The Hall–Kier alpha value is -2.69. The highest BCUT2D eigenvalue weighted by molar-refractivity contribution is 7.98. The molecule has 1 unspecified atom stereocenters.